The first kappa shape index (κ1) is 20.8. The van der Waals surface area contributed by atoms with Gasteiger partial charge in [-0.25, -0.2) is 18.2 Å². The first-order valence-corrected chi connectivity index (χ1v) is 8.34. The van der Waals surface area contributed by atoms with Gasteiger partial charge in [-0.05, 0) is 48.4 Å². The molecule has 3 N–H and O–H groups in total. The smallest absolute Gasteiger partial charge is 0.200 e. The fraction of sp³-hybridized carbons (Fsp3) is 0.0952. The zero-order valence-electron chi connectivity index (χ0n) is 15.2. The molecule has 146 valence electrons. The lowest BCUT2D eigenvalue weighted by Crippen LogP contribution is -2.32. The molecule has 0 amide bonds. The second-order valence-electron chi connectivity index (χ2n) is 5.89. The van der Waals surface area contributed by atoms with Crippen LogP contribution in [0, 0.1) is 18.6 Å². The molecule has 7 heteroatoms. The number of aryl methyl sites for hydroxylation is 1. The second kappa shape index (κ2) is 10.0. The minimum atomic E-state index is -0.739. The maximum absolute atomic E-state index is 13.4. The van der Waals surface area contributed by atoms with Gasteiger partial charge in [0.25, 0.3) is 0 Å². The Bertz CT molecular complexity index is 924. The molecule has 4 nitrogen and oxygen atoms in total. The van der Waals surface area contributed by atoms with Crippen molar-refractivity contribution in [1.82, 2.24) is 4.90 Å². The molecule has 0 unspecified atom stereocenters. The van der Waals surface area contributed by atoms with Crippen molar-refractivity contribution >= 4 is 11.6 Å². The van der Waals surface area contributed by atoms with Crippen LogP contribution in [0.3, 0.4) is 0 Å². The van der Waals surface area contributed by atoms with Crippen molar-refractivity contribution < 1.29 is 18.3 Å². The van der Waals surface area contributed by atoms with E-state index in [0.29, 0.717) is 5.69 Å². The van der Waals surface area contributed by atoms with Gasteiger partial charge in [-0.15, -0.1) is 0 Å². The van der Waals surface area contributed by atoms with E-state index in [4.69, 9.17) is 5.73 Å². The number of aromatic hydroxyl groups is 1. The molecule has 2 rings (SSSR count). The number of aliphatic imine (C=N–C) groups is 1. The molecular weight excluding hydrogens is 367 g/mol. The highest BCUT2D eigenvalue weighted by Crippen LogP contribution is 2.17. The van der Waals surface area contributed by atoms with Crippen molar-refractivity contribution in [2.24, 2.45) is 10.7 Å². The van der Waals surface area contributed by atoms with Crippen LogP contribution in [0.5, 0.6) is 5.75 Å². The molecule has 2 aromatic rings. The monoisotopic (exact) mass is 387 g/mol. The van der Waals surface area contributed by atoms with Crippen LogP contribution in [0.15, 0.2) is 78.2 Å². The summed E-state index contributed by atoms with van der Waals surface area (Å²) < 4.78 is 39.6. The highest BCUT2D eigenvalue weighted by molar-refractivity contribution is 5.82. The number of nitrogens with two attached hydrogens (primary N) is 1. The summed E-state index contributed by atoms with van der Waals surface area (Å²) in [5.74, 6) is -1.44. The van der Waals surface area contributed by atoms with E-state index < -0.39 is 11.6 Å². The van der Waals surface area contributed by atoms with Crippen molar-refractivity contribution in [3.8, 4) is 5.75 Å². The highest BCUT2D eigenvalue weighted by atomic mass is 19.1. The number of hydrogen-bond acceptors (Lipinski definition) is 2. The van der Waals surface area contributed by atoms with Gasteiger partial charge in [0.15, 0.2) is 0 Å². The van der Waals surface area contributed by atoms with E-state index in [1.165, 1.54) is 17.0 Å². The van der Waals surface area contributed by atoms with Crippen LogP contribution in [0.1, 0.15) is 11.1 Å². The summed E-state index contributed by atoms with van der Waals surface area (Å²) in [4.78, 5) is 5.54. The molecule has 0 bridgehead atoms. The molecule has 0 atom stereocenters. The molecule has 28 heavy (non-hydrogen) atoms. The Kier molecular flexibility index (Phi) is 7.45. The number of rotatable bonds is 4. The maximum Gasteiger partial charge on any atom is 0.200 e. The zero-order chi connectivity index (χ0) is 20.5. The third-order valence-electron chi connectivity index (χ3n) is 3.69. The summed E-state index contributed by atoms with van der Waals surface area (Å²) in [6.45, 7) is 1.72. The summed E-state index contributed by atoms with van der Waals surface area (Å²) in [6, 6.07) is 14.4. The topological polar surface area (TPSA) is 61.9 Å². The molecule has 0 radical (unpaired) electrons. The molecule has 0 fully saturated rings. The first-order chi connectivity index (χ1) is 13.4. The number of halogens is 3. The minimum Gasteiger partial charge on any atom is -0.508 e. The fourth-order valence-electron chi connectivity index (χ4n) is 2.35. The van der Waals surface area contributed by atoms with Crippen LogP contribution >= 0.6 is 0 Å². The molecular formula is C21H20F3N3O. The summed E-state index contributed by atoms with van der Waals surface area (Å²) in [7, 11) is 0. The Morgan fingerprint density at radius 2 is 1.71 bits per heavy atom. The molecule has 0 aliphatic heterocycles. The van der Waals surface area contributed by atoms with Crippen LogP contribution in [0.4, 0.5) is 18.9 Å². The number of nitrogens with zero attached hydrogens (tertiary/aromatic N) is 2. The average Bonchev–Trinajstić information content (AvgIpc) is 2.62. The van der Waals surface area contributed by atoms with Gasteiger partial charge in [-0.1, -0.05) is 24.3 Å². The molecule has 0 saturated carbocycles. The van der Waals surface area contributed by atoms with Crippen molar-refractivity contribution in [3.05, 3.63) is 96.0 Å². The van der Waals surface area contributed by atoms with Gasteiger partial charge >= 0.3 is 0 Å². The van der Waals surface area contributed by atoms with Gasteiger partial charge in [0.05, 0.1) is 12.2 Å². The highest BCUT2D eigenvalue weighted by Gasteiger charge is 2.09. The zero-order valence-corrected chi connectivity index (χ0v) is 15.2. The van der Waals surface area contributed by atoms with Crippen LogP contribution in [-0.2, 0) is 6.54 Å². The lowest BCUT2D eigenvalue weighted by molar-refractivity contribution is 0.476. The Labute approximate surface area is 161 Å². The maximum atomic E-state index is 13.4. The fourth-order valence-corrected chi connectivity index (χ4v) is 2.35. The van der Waals surface area contributed by atoms with E-state index in [9.17, 15) is 18.3 Å². The van der Waals surface area contributed by atoms with Crippen molar-refractivity contribution in [2.45, 2.75) is 13.5 Å². The number of hydrogen-bond donors (Lipinski definition) is 2. The molecule has 0 spiro atoms. The van der Waals surface area contributed by atoms with Gasteiger partial charge in [0, 0.05) is 12.3 Å². The quantitative estimate of drug-likeness (QED) is 0.574. The van der Waals surface area contributed by atoms with Gasteiger partial charge in [-0.2, -0.15) is 0 Å². The van der Waals surface area contributed by atoms with Gasteiger partial charge in [-0.3, -0.25) is 0 Å². The molecule has 0 saturated heterocycles. The van der Waals surface area contributed by atoms with Crippen LogP contribution < -0.4 is 5.73 Å². The van der Waals surface area contributed by atoms with E-state index >= 15 is 0 Å². The Balaban J connectivity index is 2.41. The average molecular weight is 387 g/mol. The Morgan fingerprint density at radius 3 is 2.39 bits per heavy atom. The largest absolute Gasteiger partial charge is 0.508 e. The van der Waals surface area contributed by atoms with E-state index in [0.717, 1.165) is 30.0 Å². The SMILES string of the molecule is Cc1cccc(O)ccccc1N=C(N)N(/C=C/F)Cc1cc(F)cc(F)c1. The normalized spacial score (nSPS) is 11.4. The number of guanidine groups is 1. The Morgan fingerprint density at radius 1 is 1.07 bits per heavy atom. The van der Waals surface area contributed by atoms with Crippen molar-refractivity contribution in [1.29, 1.82) is 0 Å². The lowest BCUT2D eigenvalue weighted by Gasteiger charge is -2.19. The van der Waals surface area contributed by atoms with Gasteiger partial charge in [0.1, 0.15) is 23.7 Å². The van der Waals surface area contributed by atoms with Crippen LogP contribution in [-0.4, -0.2) is 16.0 Å². The minimum absolute atomic E-state index is 0.0644. The third kappa shape index (κ3) is 6.35. The second-order valence-corrected chi connectivity index (χ2v) is 5.89. The van der Waals surface area contributed by atoms with Crippen molar-refractivity contribution in [2.75, 3.05) is 0 Å². The van der Waals surface area contributed by atoms with E-state index in [-0.39, 0.29) is 30.1 Å². The Hall–Kier alpha value is -3.48. The predicted molar refractivity (Wildman–Crippen MR) is 104 cm³/mol. The molecule has 0 aliphatic rings. The molecule has 0 aromatic heterocycles. The number of benzene rings is 1. The molecule has 2 aromatic carbocycles. The van der Waals surface area contributed by atoms with Gasteiger partial charge in [0.2, 0.25) is 5.96 Å². The summed E-state index contributed by atoms with van der Waals surface area (Å²) in [5, 5.41) is 9.56. The summed E-state index contributed by atoms with van der Waals surface area (Å²) >= 11 is 0. The summed E-state index contributed by atoms with van der Waals surface area (Å²) in [6.07, 6.45) is 1.29. The van der Waals surface area contributed by atoms with Gasteiger partial charge < -0.3 is 15.7 Å². The van der Waals surface area contributed by atoms with Crippen molar-refractivity contribution in [3.63, 3.8) is 0 Å². The summed E-state index contributed by atoms with van der Waals surface area (Å²) in [5.41, 5.74) is 7.51. The van der Waals surface area contributed by atoms with E-state index in [2.05, 4.69) is 4.99 Å². The third-order valence-corrected chi connectivity index (χ3v) is 3.69. The molecule has 0 aliphatic carbocycles. The van der Waals surface area contributed by atoms with E-state index in [1.54, 1.807) is 37.3 Å². The lowest BCUT2D eigenvalue weighted by atomic mass is 10.2. The molecule has 0 heterocycles. The predicted octanol–water partition coefficient (Wildman–Crippen LogP) is 4.99. The first-order valence-electron chi connectivity index (χ1n) is 8.34. The van der Waals surface area contributed by atoms with E-state index in [1.807, 2.05) is 0 Å². The van der Waals surface area contributed by atoms with Crippen LogP contribution in [0.2, 0.25) is 0 Å². The van der Waals surface area contributed by atoms with Crippen LogP contribution in [0.25, 0.3) is 0 Å². The standard InChI is InChI=1S/C21H20F3N3O/c1-15-5-4-7-19(28)6-2-3-8-20(15)26-21(25)27(10-9-22)14-16-11-17(23)13-18(24)12-16/h2-13,28H,14H2,1H3,(H2,25,26)/b3-2?,5-4?,6-2?,7-4?,8-3?,10-9+,15-5?,19-6?,19-7?,20-8?,20-15?.